The fourth-order valence-corrected chi connectivity index (χ4v) is 2.10. The lowest BCUT2D eigenvalue weighted by Crippen LogP contribution is -2.37. The maximum atomic E-state index is 12.0. The number of ether oxygens (including phenoxy) is 1. The minimum absolute atomic E-state index is 0.0359. The number of carbonyl (C=O) groups is 2. The van der Waals surface area contributed by atoms with Gasteiger partial charge in [0.05, 0.1) is 13.7 Å². The monoisotopic (exact) mass is 327 g/mol. The summed E-state index contributed by atoms with van der Waals surface area (Å²) in [5, 5.41) is 5.90. The summed E-state index contributed by atoms with van der Waals surface area (Å²) in [6, 6.07) is 5.07. The molecule has 1 aromatic carbocycles. The Morgan fingerprint density at radius 3 is 2.73 bits per heavy atom. The number of carbonyl (C=O) groups excluding carboxylic acids is 2. The molecule has 0 aliphatic heterocycles. The third kappa shape index (κ3) is 5.81. The molecule has 6 nitrogen and oxygen atoms in total. The van der Waals surface area contributed by atoms with Crippen molar-refractivity contribution in [3.63, 3.8) is 0 Å². The van der Waals surface area contributed by atoms with Crippen LogP contribution in [0.5, 0.6) is 5.75 Å². The zero-order valence-corrected chi connectivity index (χ0v) is 13.9. The predicted molar refractivity (Wildman–Crippen MR) is 86.2 cm³/mol. The van der Waals surface area contributed by atoms with Gasteiger partial charge in [-0.1, -0.05) is 11.6 Å². The molecular formula is C15H22ClN3O3. The highest BCUT2D eigenvalue weighted by Crippen LogP contribution is 2.23. The molecule has 0 atom stereocenters. The van der Waals surface area contributed by atoms with Crippen molar-refractivity contribution >= 4 is 23.5 Å². The van der Waals surface area contributed by atoms with E-state index in [1.165, 1.54) is 4.90 Å². The zero-order valence-electron chi connectivity index (χ0n) is 13.1. The van der Waals surface area contributed by atoms with Crippen LogP contribution in [-0.2, 0) is 11.3 Å². The normalized spacial score (nSPS) is 10.0. The molecule has 0 heterocycles. The Kier molecular flexibility index (Phi) is 7.52. The highest BCUT2D eigenvalue weighted by Gasteiger charge is 2.12. The Morgan fingerprint density at radius 2 is 2.09 bits per heavy atom. The van der Waals surface area contributed by atoms with Gasteiger partial charge in [0.1, 0.15) is 5.75 Å². The third-order valence-electron chi connectivity index (χ3n) is 3.13. The van der Waals surface area contributed by atoms with Crippen molar-refractivity contribution in [2.45, 2.75) is 19.4 Å². The molecule has 122 valence electrons. The van der Waals surface area contributed by atoms with Gasteiger partial charge in [0.2, 0.25) is 5.91 Å². The number of hydrogen-bond acceptors (Lipinski definition) is 3. The number of rotatable bonds is 7. The number of hydrogen-bond donors (Lipinski definition) is 2. The summed E-state index contributed by atoms with van der Waals surface area (Å²) in [5.41, 5.74) is 0.831. The maximum Gasteiger partial charge on any atom is 0.317 e. The van der Waals surface area contributed by atoms with Gasteiger partial charge in [0.15, 0.2) is 0 Å². The highest BCUT2D eigenvalue weighted by atomic mass is 35.5. The first kappa shape index (κ1) is 18.1. The van der Waals surface area contributed by atoms with E-state index in [2.05, 4.69) is 10.6 Å². The Hall–Kier alpha value is -1.95. The van der Waals surface area contributed by atoms with Crippen molar-refractivity contribution in [2.24, 2.45) is 0 Å². The first-order valence-corrected chi connectivity index (χ1v) is 7.37. The van der Waals surface area contributed by atoms with Crippen molar-refractivity contribution in [1.29, 1.82) is 0 Å². The van der Waals surface area contributed by atoms with Gasteiger partial charge >= 0.3 is 6.03 Å². The van der Waals surface area contributed by atoms with E-state index in [1.807, 2.05) is 0 Å². The largest absolute Gasteiger partial charge is 0.496 e. The number of benzene rings is 1. The van der Waals surface area contributed by atoms with E-state index in [9.17, 15) is 9.59 Å². The van der Waals surface area contributed by atoms with E-state index in [0.717, 1.165) is 5.56 Å². The Labute approximate surface area is 135 Å². The van der Waals surface area contributed by atoms with E-state index in [-0.39, 0.29) is 11.9 Å². The average molecular weight is 328 g/mol. The topological polar surface area (TPSA) is 70.7 Å². The number of nitrogens with zero attached hydrogens (tertiary/aromatic N) is 1. The molecule has 0 spiro atoms. The molecule has 0 radical (unpaired) electrons. The minimum Gasteiger partial charge on any atom is -0.496 e. The second-order valence-electron chi connectivity index (χ2n) is 4.82. The van der Waals surface area contributed by atoms with Crippen LogP contribution in [0.15, 0.2) is 18.2 Å². The van der Waals surface area contributed by atoms with Gasteiger partial charge < -0.3 is 20.3 Å². The summed E-state index contributed by atoms with van der Waals surface area (Å²) in [6.07, 6.45) is 0.988. The van der Waals surface area contributed by atoms with Crippen molar-refractivity contribution in [3.8, 4) is 5.75 Å². The number of nitrogens with one attached hydrogen (secondary N) is 2. The smallest absolute Gasteiger partial charge is 0.317 e. The molecule has 0 saturated heterocycles. The quantitative estimate of drug-likeness (QED) is 0.753. The average Bonchev–Trinajstić information content (AvgIpc) is 2.51. The highest BCUT2D eigenvalue weighted by molar-refractivity contribution is 6.30. The summed E-state index contributed by atoms with van der Waals surface area (Å²) in [4.78, 5) is 24.6. The Morgan fingerprint density at radius 1 is 1.36 bits per heavy atom. The van der Waals surface area contributed by atoms with Crippen LogP contribution in [0, 0.1) is 0 Å². The van der Waals surface area contributed by atoms with Gasteiger partial charge in [-0.3, -0.25) is 4.79 Å². The van der Waals surface area contributed by atoms with Gasteiger partial charge in [-0.05, 0) is 24.6 Å². The second-order valence-corrected chi connectivity index (χ2v) is 5.26. The summed E-state index contributed by atoms with van der Waals surface area (Å²) in [5.74, 6) is 0.648. The molecule has 0 unspecified atom stereocenters. The minimum atomic E-state index is -0.209. The summed E-state index contributed by atoms with van der Waals surface area (Å²) >= 11 is 5.97. The molecule has 0 aliphatic carbocycles. The molecule has 3 amide bonds. The van der Waals surface area contributed by atoms with E-state index in [4.69, 9.17) is 16.3 Å². The van der Waals surface area contributed by atoms with E-state index in [0.29, 0.717) is 36.7 Å². The van der Waals surface area contributed by atoms with Crippen LogP contribution in [0.1, 0.15) is 18.4 Å². The lowest BCUT2D eigenvalue weighted by molar-refractivity contribution is -0.120. The molecule has 2 N–H and O–H groups in total. The van der Waals surface area contributed by atoms with Crippen LogP contribution in [-0.4, -0.2) is 44.6 Å². The van der Waals surface area contributed by atoms with Gasteiger partial charge in [0.25, 0.3) is 0 Å². The van der Waals surface area contributed by atoms with Crippen LogP contribution in [0.3, 0.4) is 0 Å². The van der Waals surface area contributed by atoms with Crippen LogP contribution >= 0.6 is 11.6 Å². The maximum absolute atomic E-state index is 12.0. The summed E-state index contributed by atoms with van der Waals surface area (Å²) < 4.78 is 5.26. The SMILES string of the molecule is CNC(=O)CCCNC(=O)N(C)Cc1cc(Cl)ccc1OC. The lowest BCUT2D eigenvalue weighted by atomic mass is 10.2. The van der Waals surface area contributed by atoms with Crippen LogP contribution in [0.25, 0.3) is 0 Å². The first-order valence-electron chi connectivity index (χ1n) is 7.00. The lowest BCUT2D eigenvalue weighted by Gasteiger charge is -2.19. The van der Waals surface area contributed by atoms with Gasteiger partial charge in [-0.15, -0.1) is 0 Å². The molecule has 0 aliphatic rings. The Balaban J connectivity index is 2.47. The second kappa shape index (κ2) is 9.15. The summed E-state index contributed by atoms with van der Waals surface area (Å²) in [6.45, 7) is 0.828. The number of amides is 3. The number of halogens is 1. The fraction of sp³-hybridized carbons (Fsp3) is 0.467. The third-order valence-corrected chi connectivity index (χ3v) is 3.37. The standard InChI is InChI=1S/C15H22ClN3O3/c1-17-14(20)5-4-8-18-15(21)19(2)10-11-9-12(16)6-7-13(11)22-3/h6-7,9H,4-5,8,10H2,1-3H3,(H,17,20)(H,18,21). The summed E-state index contributed by atoms with van der Waals surface area (Å²) in [7, 11) is 4.85. The van der Waals surface area contributed by atoms with Crippen molar-refractivity contribution < 1.29 is 14.3 Å². The van der Waals surface area contributed by atoms with E-state index < -0.39 is 0 Å². The molecule has 7 heteroatoms. The zero-order chi connectivity index (χ0) is 16.5. The molecule has 1 aromatic rings. The van der Waals surface area contributed by atoms with Gasteiger partial charge in [-0.2, -0.15) is 0 Å². The molecule has 0 aromatic heterocycles. The molecule has 22 heavy (non-hydrogen) atoms. The molecular weight excluding hydrogens is 306 g/mol. The van der Waals surface area contributed by atoms with Crippen LogP contribution in [0.4, 0.5) is 4.79 Å². The number of methoxy groups -OCH3 is 1. The van der Waals surface area contributed by atoms with E-state index in [1.54, 1.807) is 39.4 Å². The molecule has 0 saturated carbocycles. The first-order chi connectivity index (χ1) is 10.5. The van der Waals surface area contributed by atoms with Crippen molar-refractivity contribution in [3.05, 3.63) is 28.8 Å². The Bertz CT molecular complexity index is 523. The van der Waals surface area contributed by atoms with Crippen molar-refractivity contribution in [1.82, 2.24) is 15.5 Å². The predicted octanol–water partition coefficient (Wildman–Crippen LogP) is 2.02. The van der Waals surface area contributed by atoms with Crippen LogP contribution in [0.2, 0.25) is 5.02 Å². The van der Waals surface area contributed by atoms with Gasteiger partial charge in [0, 0.05) is 37.6 Å². The molecule has 0 bridgehead atoms. The number of urea groups is 1. The van der Waals surface area contributed by atoms with E-state index >= 15 is 0 Å². The molecule has 0 fully saturated rings. The van der Waals surface area contributed by atoms with Crippen molar-refractivity contribution in [2.75, 3.05) is 27.7 Å². The van der Waals surface area contributed by atoms with Gasteiger partial charge in [-0.25, -0.2) is 4.79 Å². The molecule has 1 rings (SSSR count). The fourth-order valence-electron chi connectivity index (χ4n) is 1.90. The van der Waals surface area contributed by atoms with Crippen LogP contribution < -0.4 is 15.4 Å².